The Morgan fingerprint density at radius 2 is 2.06 bits per heavy atom. The molecule has 1 aromatic carbocycles. The molecule has 4 heteroatoms. The van der Waals surface area contributed by atoms with Crippen molar-refractivity contribution in [3.8, 4) is 11.3 Å². The fourth-order valence-corrected chi connectivity index (χ4v) is 3.26. The number of nitrogens with zero attached hydrogens (tertiary/aromatic N) is 1. The highest BCUT2D eigenvalue weighted by Gasteiger charge is 2.09. The van der Waals surface area contributed by atoms with Crippen molar-refractivity contribution in [1.82, 2.24) is 9.97 Å². The van der Waals surface area contributed by atoms with E-state index in [2.05, 4.69) is 39.6 Å². The van der Waals surface area contributed by atoms with Gasteiger partial charge in [0, 0.05) is 15.8 Å². The van der Waals surface area contributed by atoms with Gasteiger partial charge in [-0.25, -0.2) is 4.98 Å². The molecule has 0 radical (unpaired) electrons. The molecule has 0 saturated heterocycles. The van der Waals surface area contributed by atoms with E-state index in [0.717, 1.165) is 17.1 Å². The van der Waals surface area contributed by atoms with Crippen molar-refractivity contribution in [2.45, 2.75) is 13.8 Å². The summed E-state index contributed by atoms with van der Waals surface area (Å²) in [5, 5.41) is 3.39. The summed E-state index contributed by atoms with van der Waals surface area (Å²) in [5.41, 5.74) is 3.33. The SMILES string of the molecule is Cc1nc(=S)c(C)c(-c2cccc3ccsc23)[nH]1. The average molecular weight is 272 g/mol. The molecule has 2 heterocycles. The first-order valence-electron chi connectivity index (χ1n) is 5.71. The summed E-state index contributed by atoms with van der Waals surface area (Å²) >= 11 is 7.06. The molecule has 2 aromatic heterocycles. The number of thiophene rings is 1. The Morgan fingerprint density at radius 1 is 1.22 bits per heavy atom. The topological polar surface area (TPSA) is 28.7 Å². The number of aromatic amines is 1. The highest BCUT2D eigenvalue weighted by Crippen LogP contribution is 2.33. The van der Waals surface area contributed by atoms with E-state index in [-0.39, 0.29) is 0 Å². The first kappa shape index (κ1) is 11.6. The molecule has 18 heavy (non-hydrogen) atoms. The van der Waals surface area contributed by atoms with E-state index < -0.39 is 0 Å². The molecule has 0 saturated carbocycles. The maximum absolute atomic E-state index is 5.30. The van der Waals surface area contributed by atoms with Crippen molar-refractivity contribution in [3.63, 3.8) is 0 Å². The fraction of sp³-hybridized carbons (Fsp3) is 0.143. The van der Waals surface area contributed by atoms with Gasteiger partial charge in [0.1, 0.15) is 10.5 Å². The number of nitrogens with one attached hydrogen (secondary N) is 1. The van der Waals surface area contributed by atoms with Crippen molar-refractivity contribution in [2.75, 3.05) is 0 Å². The summed E-state index contributed by atoms with van der Waals surface area (Å²) in [6, 6.07) is 8.48. The lowest BCUT2D eigenvalue weighted by atomic mass is 10.1. The second-order valence-electron chi connectivity index (χ2n) is 4.27. The molecule has 0 aliphatic rings. The van der Waals surface area contributed by atoms with Gasteiger partial charge in [-0.15, -0.1) is 11.3 Å². The Balaban J connectivity index is 2.39. The highest BCUT2D eigenvalue weighted by atomic mass is 32.1. The van der Waals surface area contributed by atoms with Crippen LogP contribution in [-0.4, -0.2) is 9.97 Å². The zero-order chi connectivity index (χ0) is 12.7. The van der Waals surface area contributed by atoms with Gasteiger partial charge in [0.2, 0.25) is 0 Å². The Morgan fingerprint density at radius 3 is 2.89 bits per heavy atom. The molecular weight excluding hydrogens is 260 g/mol. The number of rotatable bonds is 1. The van der Waals surface area contributed by atoms with Crippen LogP contribution < -0.4 is 0 Å². The second-order valence-corrected chi connectivity index (χ2v) is 5.57. The van der Waals surface area contributed by atoms with Crippen LogP contribution in [0.25, 0.3) is 21.3 Å². The molecule has 0 fully saturated rings. The van der Waals surface area contributed by atoms with Gasteiger partial charge in [0.25, 0.3) is 0 Å². The van der Waals surface area contributed by atoms with Crippen molar-refractivity contribution in [2.24, 2.45) is 0 Å². The zero-order valence-corrected chi connectivity index (χ0v) is 11.8. The van der Waals surface area contributed by atoms with Crippen LogP contribution in [0.2, 0.25) is 0 Å². The van der Waals surface area contributed by atoms with E-state index in [1.54, 1.807) is 11.3 Å². The number of hydrogen-bond donors (Lipinski definition) is 1. The summed E-state index contributed by atoms with van der Waals surface area (Å²) in [6.07, 6.45) is 0. The van der Waals surface area contributed by atoms with Gasteiger partial charge in [0.15, 0.2) is 0 Å². The van der Waals surface area contributed by atoms with Gasteiger partial charge in [-0.3, -0.25) is 0 Å². The fourth-order valence-electron chi connectivity index (χ4n) is 2.10. The predicted molar refractivity (Wildman–Crippen MR) is 79.7 cm³/mol. The molecule has 1 N–H and O–H groups in total. The van der Waals surface area contributed by atoms with Crippen LogP contribution in [0.5, 0.6) is 0 Å². The Labute approximate surface area is 114 Å². The third kappa shape index (κ3) is 1.78. The minimum absolute atomic E-state index is 0.676. The van der Waals surface area contributed by atoms with Crippen LogP contribution in [-0.2, 0) is 0 Å². The molecule has 2 nitrogen and oxygen atoms in total. The molecule has 0 amide bonds. The molecule has 0 aliphatic carbocycles. The summed E-state index contributed by atoms with van der Waals surface area (Å²) in [6.45, 7) is 3.96. The van der Waals surface area contributed by atoms with Crippen LogP contribution in [0, 0.1) is 18.5 Å². The molecule has 3 aromatic rings. The van der Waals surface area contributed by atoms with Crippen molar-refractivity contribution >= 4 is 33.6 Å². The summed E-state index contributed by atoms with van der Waals surface area (Å²) in [4.78, 5) is 7.63. The quantitative estimate of drug-likeness (QED) is 0.654. The zero-order valence-electron chi connectivity index (χ0n) is 10.2. The number of H-pyrrole nitrogens is 1. The molecule has 0 aliphatic heterocycles. The van der Waals surface area contributed by atoms with Gasteiger partial charge in [0.05, 0.1) is 5.69 Å². The smallest absolute Gasteiger partial charge is 0.133 e. The lowest BCUT2D eigenvalue weighted by molar-refractivity contribution is 1.03. The number of fused-ring (bicyclic) bond motifs is 1. The lowest BCUT2D eigenvalue weighted by Gasteiger charge is -2.08. The molecular formula is C14H12N2S2. The molecule has 3 rings (SSSR count). The maximum Gasteiger partial charge on any atom is 0.133 e. The first-order chi connectivity index (χ1) is 8.66. The van der Waals surface area contributed by atoms with E-state index >= 15 is 0 Å². The van der Waals surface area contributed by atoms with Crippen molar-refractivity contribution < 1.29 is 0 Å². The van der Waals surface area contributed by atoms with Gasteiger partial charge in [-0.2, -0.15) is 0 Å². The van der Waals surface area contributed by atoms with Crippen molar-refractivity contribution in [1.29, 1.82) is 0 Å². The summed E-state index contributed by atoms with van der Waals surface area (Å²) in [7, 11) is 0. The minimum atomic E-state index is 0.676. The molecule has 0 spiro atoms. The van der Waals surface area contributed by atoms with Crippen LogP contribution in [0.15, 0.2) is 29.6 Å². The molecule has 0 bridgehead atoms. The molecule has 0 unspecified atom stereocenters. The minimum Gasteiger partial charge on any atom is -0.343 e. The monoisotopic (exact) mass is 272 g/mol. The molecule has 0 atom stereocenters. The largest absolute Gasteiger partial charge is 0.343 e. The van der Waals surface area contributed by atoms with E-state index in [9.17, 15) is 0 Å². The van der Waals surface area contributed by atoms with Gasteiger partial charge >= 0.3 is 0 Å². The second kappa shape index (κ2) is 4.30. The van der Waals surface area contributed by atoms with Crippen molar-refractivity contribution in [3.05, 3.63) is 45.7 Å². The van der Waals surface area contributed by atoms with Crippen LogP contribution >= 0.6 is 23.6 Å². The first-order valence-corrected chi connectivity index (χ1v) is 7.00. The Hall–Kier alpha value is -1.52. The van der Waals surface area contributed by atoms with E-state index in [4.69, 9.17) is 12.2 Å². The van der Waals surface area contributed by atoms with Crippen LogP contribution in [0.4, 0.5) is 0 Å². The Bertz CT molecular complexity index is 784. The number of hydrogen-bond acceptors (Lipinski definition) is 3. The summed E-state index contributed by atoms with van der Waals surface area (Å²) < 4.78 is 1.96. The van der Waals surface area contributed by atoms with Gasteiger partial charge in [-0.05, 0) is 30.7 Å². The standard InChI is InChI=1S/C14H12N2S2/c1-8-12(15-9(2)16-14(8)17)11-5-3-4-10-6-7-18-13(10)11/h3-7H,1-2H3,(H,15,16,17). The number of benzene rings is 1. The highest BCUT2D eigenvalue weighted by molar-refractivity contribution is 7.71. The summed E-state index contributed by atoms with van der Waals surface area (Å²) in [5.74, 6) is 0.856. The van der Waals surface area contributed by atoms with E-state index in [0.29, 0.717) is 4.64 Å². The number of aryl methyl sites for hydroxylation is 1. The third-order valence-electron chi connectivity index (χ3n) is 3.02. The van der Waals surface area contributed by atoms with Gasteiger partial charge in [-0.1, -0.05) is 30.4 Å². The normalized spacial score (nSPS) is 11.0. The van der Waals surface area contributed by atoms with Crippen LogP contribution in [0.1, 0.15) is 11.4 Å². The lowest BCUT2D eigenvalue weighted by Crippen LogP contribution is -1.96. The van der Waals surface area contributed by atoms with Gasteiger partial charge < -0.3 is 4.98 Å². The van der Waals surface area contributed by atoms with E-state index in [1.807, 2.05) is 13.8 Å². The number of aromatic nitrogens is 2. The van der Waals surface area contributed by atoms with Crippen LogP contribution in [0.3, 0.4) is 0 Å². The average Bonchev–Trinajstić information content (AvgIpc) is 2.81. The molecule has 90 valence electrons. The predicted octanol–water partition coefficient (Wildman–Crippen LogP) is 4.64. The Kier molecular flexibility index (Phi) is 2.76. The van der Waals surface area contributed by atoms with E-state index in [1.165, 1.54) is 15.6 Å². The third-order valence-corrected chi connectivity index (χ3v) is 4.38. The maximum atomic E-state index is 5.30.